The number of nitrogens with zero attached hydrogens (tertiary/aromatic N) is 4. The monoisotopic (exact) mass is 440 g/mol. The van der Waals surface area contributed by atoms with Crippen LogP contribution in [-0.4, -0.2) is 33.4 Å². The molecule has 1 amide bonds. The van der Waals surface area contributed by atoms with E-state index < -0.39 is 10.7 Å². The van der Waals surface area contributed by atoms with Crippen LogP contribution < -0.4 is 4.80 Å². The summed E-state index contributed by atoms with van der Waals surface area (Å²) in [6.07, 6.45) is 2.19. The van der Waals surface area contributed by atoms with E-state index in [9.17, 15) is 19.3 Å². The van der Waals surface area contributed by atoms with Crippen molar-refractivity contribution in [1.82, 2.24) is 9.47 Å². The molecule has 1 saturated heterocycles. The number of amides is 1. The van der Waals surface area contributed by atoms with Gasteiger partial charge >= 0.3 is 0 Å². The smallest absolute Gasteiger partial charge is 0.270 e. The summed E-state index contributed by atoms with van der Waals surface area (Å²) >= 11 is 1.35. The number of carbonyl (C=O) groups excluding carboxylic acids is 1. The number of benzene rings is 2. The summed E-state index contributed by atoms with van der Waals surface area (Å²) in [4.78, 5) is 29.6. The molecule has 4 rings (SSSR count). The molecule has 0 saturated carbocycles. The molecule has 160 valence electrons. The zero-order valence-corrected chi connectivity index (χ0v) is 17.6. The van der Waals surface area contributed by atoms with E-state index in [0.29, 0.717) is 36.3 Å². The van der Waals surface area contributed by atoms with Gasteiger partial charge in [-0.3, -0.25) is 14.9 Å². The van der Waals surface area contributed by atoms with Gasteiger partial charge in [0, 0.05) is 49.1 Å². The molecular weight excluding hydrogens is 419 g/mol. The third-order valence-electron chi connectivity index (χ3n) is 5.20. The first-order valence-electron chi connectivity index (χ1n) is 10.0. The van der Waals surface area contributed by atoms with E-state index in [0.717, 1.165) is 18.7 Å². The van der Waals surface area contributed by atoms with Gasteiger partial charge in [-0.2, -0.15) is 0 Å². The molecule has 9 heteroatoms. The Labute approximate surface area is 182 Å². The first-order chi connectivity index (χ1) is 15.0. The number of carbonyl (C=O) groups is 1. The lowest BCUT2D eigenvalue weighted by Crippen LogP contribution is -2.27. The van der Waals surface area contributed by atoms with Gasteiger partial charge in [0.15, 0.2) is 4.80 Å². The van der Waals surface area contributed by atoms with Gasteiger partial charge in [-0.25, -0.2) is 9.38 Å². The van der Waals surface area contributed by atoms with Crippen molar-refractivity contribution >= 4 is 28.6 Å². The van der Waals surface area contributed by atoms with Crippen LogP contribution >= 0.6 is 11.3 Å². The Bertz CT molecular complexity index is 1190. The Kier molecular flexibility index (Phi) is 6.22. The number of nitro benzene ring substituents is 1. The van der Waals surface area contributed by atoms with Crippen molar-refractivity contribution < 1.29 is 14.1 Å². The van der Waals surface area contributed by atoms with Crippen LogP contribution in [0.2, 0.25) is 0 Å². The van der Waals surface area contributed by atoms with Gasteiger partial charge in [-0.15, -0.1) is 11.3 Å². The minimum Gasteiger partial charge on any atom is -0.343 e. The van der Waals surface area contributed by atoms with Crippen LogP contribution in [0, 0.1) is 15.9 Å². The summed E-state index contributed by atoms with van der Waals surface area (Å²) in [6.45, 7) is 1.96. The number of hydrogen-bond donors (Lipinski definition) is 0. The first kappa shape index (κ1) is 20.9. The van der Waals surface area contributed by atoms with Gasteiger partial charge < -0.3 is 9.47 Å². The Hall–Kier alpha value is -3.33. The molecule has 7 nitrogen and oxygen atoms in total. The van der Waals surface area contributed by atoms with Gasteiger partial charge in [0.2, 0.25) is 5.91 Å². The average molecular weight is 441 g/mol. The molecule has 0 spiro atoms. The molecule has 0 bridgehead atoms. The van der Waals surface area contributed by atoms with E-state index in [1.54, 1.807) is 24.3 Å². The fourth-order valence-corrected chi connectivity index (χ4v) is 4.60. The van der Waals surface area contributed by atoms with E-state index in [4.69, 9.17) is 0 Å². The second-order valence-corrected chi connectivity index (χ2v) is 8.10. The quantitative estimate of drug-likeness (QED) is 0.400. The van der Waals surface area contributed by atoms with Crippen molar-refractivity contribution in [3.8, 4) is 11.3 Å². The first-order valence-corrected chi connectivity index (χ1v) is 10.9. The second-order valence-electron chi connectivity index (χ2n) is 7.26. The van der Waals surface area contributed by atoms with Crippen molar-refractivity contribution in [2.45, 2.75) is 25.8 Å². The predicted molar refractivity (Wildman–Crippen MR) is 116 cm³/mol. The molecule has 1 aromatic heterocycles. The van der Waals surface area contributed by atoms with Crippen LogP contribution in [0.3, 0.4) is 0 Å². The highest BCUT2D eigenvalue weighted by Crippen LogP contribution is 2.25. The lowest BCUT2D eigenvalue weighted by Gasteiger charge is -2.16. The summed E-state index contributed by atoms with van der Waals surface area (Å²) in [5.41, 5.74) is 1.71. The summed E-state index contributed by atoms with van der Waals surface area (Å²) < 4.78 is 16.1. The molecule has 0 radical (unpaired) electrons. The van der Waals surface area contributed by atoms with Crippen molar-refractivity contribution in [3.63, 3.8) is 0 Å². The van der Waals surface area contributed by atoms with E-state index in [2.05, 4.69) is 4.99 Å². The Balaban J connectivity index is 1.70. The summed E-state index contributed by atoms with van der Waals surface area (Å²) in [6, 6.07) is 12.7. The molecule has 1 aliphatic rings. The molecule has 0 atom stereocenters. The molecule has 2 aromatic carbocycles. The maximum Gasteiger partial charge on any atom is 0.270 e. The Morgan fingerprint density at radius 2 is 2.00 bits per heavy atom. The van der Waals surface area contributed by atoms with Crippen molar-refractivity contribution in [2.75, 3.05) is 13.1 Å². The number of rotatable bonds is 7. The van der Waals surface area contributed by atoms with Crippen molar-refractivity contribution in [2.24, 2.45) is 4.99 Å². The van der Waals surface area contributed by atoms with E-state index >= 15 is 0 Å². The minimum atomic E-state index is -0.427. The molecule has 0 aliphatic carbocycles. The van der Waals surface area contributed by atoms with Crippen LogP contribution in [-0.2, 0) is 11.3 Å². The molecule has 1 aliphatic heterocycles. The SMILES string of the molecule is O=C1CCCN1CCCn1c(-c2cccc([N+](=O)[O-])c2)csc1=Nc1ccccc1F. The predicted octanol–water partition coefficient (Wildman–Crippen LogP) is 4.51. The number of thiazole rings is 1. The fraction of sp³-hybridized carbons (Fsp3) is 0.273. The van der Waals surface area contributed by atoms with Gasteiger partial charge in [-0.1, -0.05) is 24.3 Å². The zero-order chi connectivity index (χ0) is 21.8. The summed E-state index contributed by atoms with van der Waals surface area (Å²) in [7, 11) is 0. The highest BCUT2D eigenvalue weighted by molar-refractivity contribution is 7.07. The minimum absolute atomic E-state index is 0.00510. The van der Waals surface area contributed by atoms with Crippen LogP contribution in [0.5, 0.6) is 0 Å². The molecule has 31 heavy (non-hydrogen) atoms. The third kappa shape index (κ3) is 4.72. The Morgan fingerprint density at radius 3 is 2.74 bits per heavy atom. The van der Waals surface area contributed by atoms with Crippen molar-refractivity contribution in [1.29, 1.82) is 0 Å². The number of aromatic nitrogens is 1. The van der Waals surface area contributed by atoms with Crippen LogP contribution in [0.4, 0.5) is 15.8 Å². The number of halogens is 1. The maximum absolute atomic E-state index is 14.2. The van der Waals surface area contributed by atoms with E-state index in [1.807, 2.05) is 20.9 Å². The van der Waals surface area contributed by atoms with E-state index in [1.165, 1.54) is 29.5 Å². The molecule has 3 aromatic rings. The topological polar surface area (TPSA) is 80.7 Å². The number of non-ortho nitro benzene ring substituents is 1. The van der Waals surface area contributed by atoms with Crippen LogP contribution in [0.25, 0.3) is 11.3 Å². The highest BCUT2D eigenvalue weighted by atomic mass is 32.1. The number of para-hydroxylation sites is 1. The highest BCUT2D eigenvalue weighted by Gasteiger charge is 2.20. The van der Waals surface area contributed by atoms with Crippen molar-refractivity contribution in [3.05, 3.63) is 74.6 Å². The van der Waals surface area contributed by atoms with Gasteiger partial charge in [0.25, 0.3) is 5.69 Å². The van der Waals surface area contributed by atoms with Gasteiger partial charge in [0.05, 0.1) is 10.6 Å². The third-order valence-corrected chi connectivity index (χ3v) is 6.06. The zero-order valence-electron chi connectivity index (χ0n) is 16.7. The van der Waals surface area contributed by atoms with Gasteiger partial charge in [0.1, 0.15) is 11.5 Å². The standard InChI is InChI=1S/C22H21FN4O3S/c23-18-8-1-2-9-19(18)24-22-26(13-5-12-25-11-4-10-21(25)28)20(15-31-22)16-6-3-7-17(14-16)27(29)30/h1-3,6-9,14-15H,4-5,10-13H2. The van der Waals surface area contributed by atoms with Gasteiger partial charge in [-0.05, 0) is 25.0 Å². The van der Waals surface area contributed by atoms with Crippen LogP contribution in [0.15, 0.2) is 58.9 Å². The normalized spacial score (nSPS) is 14.4. The lowest BCUT2D eigenvalue weighted by atomic mass is 10.1. The molecule has 0 N–H and O–H groups in total. The maximum atomic E-state index is 14.2. The fourth-order valence-electron chi connectivity index (χ4n) is 3.65. The number of hydrogen-bond acceptors (Lipinski definition) is 5. The number of likely N-dealkylation sites (tertiary alicyclic amines) is 1. The average Bonchev–Trinajstić information content (AvgIpc) is 3.36. The lowest BCUT2D eigenvalue weighted by molar-refractivity contribution is -0.384. The summed E-state index contributed by atoms with van der Waals surface area (Å²) in [5.74, 6) is -0.243. The largest absolute Gasteiger partial charge is 0.343 e. The molecule has 1 fully saturated rings. The molecular formula is C22H21FN4O3S. The Morgan fingerprint density at radius 1 is 1.16 bits per heavy atom. The summed E-state index contributed by atoms with van der Waals surface area (Å²) in [5, 5.41) is 13.1. The van der Waals surface area contributed by atoms with Crippen LogP contribution in [0.1, 0.15) is 19.3 Å². The van der Waals surface area contributed by atoms with E-state index in [-0.39, 0.29) is 17.3 Å². The molecule has 2 heterocycles. The number of nitro groups is 1. The second kappa shape index (κ2) is 9.22. The molecule has 0 unspecified atom stereocenters.